The molecule has 2 aromatic heterocycles. The first-order valence-electron chi connectivity index (χ1n) is 3.03. The molecule has 2 heterocycles. The Morgan fingerprint density at radius 3 is 2.82 bits per heavy atom. The van der Waals surface area contributed by atoms with Crippen molar-refractivity contribution in [2.75, 3.05) is 11.6 Å². The number of nitrogen functional groups attached to an aromatic ring is 2. The van der Waals surface area contributed by atoms with E-state index in [2.05, 4.69) is 0 Å². The fourth-order valence-corrected chi connectivity index (χ4v) is 1.85. The van der Waals surface area contributed by atoms with Crippen molar-refractivity contribution in [2.24, 2.45) is 0 Å². The van der Waals surface area contributed by atoms with Crippen LogP contribution in [0.5, 0.6) is 5.06 Å². The van der Waals surface area contributed by atoms with E-state index in [1.165, 1.54) is 16.0 Å². The number of hydrogen-bond acceptors (Lipinski definition) is 4. The lowest BCUT2D eigenvalue weighted by Crippen LogP contribution is -2.10. The van der Waals surface area contributed by atoms with Crippen LogP contribution in [0.3, 0.4) is 0 Å². The molecular weight excluding hydrogens is 162 g/mol. The fraction of sp³-hybridized carbons (Fsp3) is 0. The van der Waals surface area contributed by atoms with Crippen molar-refractivity contribution >= 4 is 27.4 Å². The Balaban J connectivity index is 2.88. The zero-order chi connectivity index (χ0) is 8.01. The van der Waals surface area contributed by atoms with Gasteiger partial charge in [0, 0.05) is 6.07 Å². The Kier molecular flexibility index (Phi) is 1.05. The van der Waals surface area contributed by atoms with Gasteiger partial charge in [0.15, 0.2) is 5.06 Å². The Labute approximate surface area is 66.6 Å². The summed E-state index contributed by atoms with van der Waals surface area (Å²) in [4.78, 5) is 0. The lowest BCUT2D eigenvalue weighted by atomic mass is 10.5. The summed E-state index contributed by atoms with van der Waals surface area (Å²) in [5, 5.41) is 9.33. The minimum absolute atomic E-state index is 0.259. The summed E-state index contributed by atoms with van der Waals surface area (Å²) in [6.45, 7) is 0. The van der Waals surface area contributed by atoms with E-state index in [4.69, 9.17) is 16.7 Å². The molecule has 0 radical (unpaired) electrons. The highest BCUT2D eigenvalue weighted by Crippen LogP contribution is 2.32. The second kappa shape index (κ2) is 1.82. The molecule has 0 saturated carbocycles. The Hall–Kier alpha value is -1.36. The summed E-state index contributed by atoms with van der Waals surface area (Å²) in [7, 11) is 0. The molecule has 0 aliphatic heterocycles. The van der Waals surface area contributed by atoms with Gasteiger partial charge >= 0.3 is 0 Å². The van der Waals surface area contributed by atoms with E-state index in [-0.39, 0.29) is 5.06 Å². The molecule has 2 rings (SSSR count). The van der Waals surface area contributed by atoms with Gasteiger partial charge in [-0.15, -0.1) is 0 Å². The Morgan fingerprint density at radius 2 is 2.18 bits per heavy atom. The maximum Gasteiger partial charge on any atom is 0.173 e. The SMILES string of the molecule is Nc1cc2sc(O)cc2n1N. The van der Waals surface area contributed by atoms with Gasteiger partial charge in [-0.2, -0.15) is 0 Å². The maximum absolute atomic E-state index is 9.07. The topological polar surface area (TPSA) is 77.2 Å². The summed E-state index contributed by atoms with van der Waals surface area (Å²) >= 11 is 1.26. The third-order valence-corrected chi connectivity index (χ3v) is 2.42. The first-order valence-corrected chi connectivity index (χ1v) is 3.85. The average molecular weight is 169 g/mol. The number of aromatic nitrogens is 1. The highest BCUT2D eigenvalue weighted by molar-refractivity contribution is 7.20. The first-order chi connectivity index (χ1) is 5.18. The number of anilines is 1. The largest absolute Gasteiger partial charge is 0.499 e. The van der Waals surface area contributed by atoms with Gasteiger partial charge in [-0.3, -0.25) is 0 Å². The monoisotopic (exact) mass is 169 g/mol. The maximum atomic E-state index is 9.07. The van der Waals surface area contributed by atoms with Gasteiger partial charge in [-0.25, -0.2) is 4.68 Å². The number of fused-ring (bicyclic) bond motifs is 1. The standard InChI is InChI=1S/C6H7N3OS/c7-5-2-4-3(9(5)8)1-6(10)11-4/h1-2,10H,7-8H2. The molecule has 0 aliphatic carbocycles. The van der Waals surface area contributed by atoms with Crippen LogP contribution in [0.1, 0.15) is 0 Å². The predicted octanol–water partition coefficient (Wildman–Crippen LogP) is 0.704. The van der Waals surface area contributed by atoms with E-state index in [0.29, 0.717) is 5.82 Å². The molecule has 5 heteroatoms. The number of nitrogens with zero attached hydrogens (tertiary/aromatic N) is 1. The van der Waals surface area contributed by atoms with Crippen LogP contribution in [0.15, 0.2) is 12.1 Å². The molecule has 0 spiro atoms. The lowest BCUT2D eigenvalue weighted by molar-refractivity contribution is 0.491. The number of thiophene rings is 1. The molecular formula is C6H7N3OS. The molecule has 0 fully saturated rings. The predicted molar refractivity (Wildman–Crippen MR) is 46.0 cm³/mol. The molecule has 0 bridgehead atoms. The summed E-state index contributed by atoms with van der Waals surface area (Å²) < 4.78 is 2.26. The molecule has 2 aromatic rings. The van der Waals surface area contributed by atoms with E-state index in [9.17, 15) is 0 Å². The second-order valence-electron chi connectivity index (χ2n) is 2.27. The molecule has 0 unspecified atom stereocenters. The van der Waals surface area contributed by atoms with E-state index in [1.807, 2.05) is 0 Å². The van der Waals surface area contributed by atoms with Gasteiger partial charge in [-0.1, -0.05) is 11.3 Å². The fourth-order valence-electron chi connectivity index (χ4n) is 1.02. The van der Waals surface area contributed by atoms with Crippen molar-refractivity contribution in [1.29, 1.82) is 0 Å². The number of hydrogen-bond donors (Lipinski definition) is 3. The Morgan fingerprint density at radius 1 is 1.45 bits per heavy atom. The van der Waals surface area contributed by atoms with Crippen LogP contribution < -0.4 is 11.6 Å². The summed E-state index contributed by atoms with van der Waals surface area (Å²) in [5.74, 6) is 6.04. The normalized spacial score (nSPS) is 10.9. The second-order valence-corrected chi connectivity index (χ2v) is 3.34. The van der Waals surface area contributed by atoms with Crippen LogP contribution in [0.25, 0.3) is 10.2 Å². The minimum Gasteiger partial charge on any atom is -0.499 e. The highest BCUT2D eigenvalue weighted by Gasteiger charge is 2.06. The molecule has 0 saturated heterocycles. The van der Waals surface area contributed by atoms with E-state index in [1.54, 1.807) is 12.1 Å². The highest BCUT2D eigenvalue weighted by atomic mass is 32.1. The quantitative estimate of drug-likeness (QED) is 0.508. The van der Waals surface area contributed by atoms with Crippen molar-refractivity contribution in [3.8, 4) is 5.06 Å². The van der Waals surface area contributed by atoms with Gasteiger partial charge in [0.05, 0.1) is 10.2 Å². The van der Waals surface area contributed by atoms with Crippen molar-refractivity contribution in [3.63, 3.8) is 0 Å². The third kappa shape index (κ3) is 0.743. The third-order valence-electron chi connectivity index (χ3n) is 1.54. The molecule has 5 N–H and O–H groups in total. The first kappa shape index (κ1) is 6.36. The zero-order valence-corrected chi connectivity index (χ0v) is 6.43. The van der Waals surface area contributed by atoms with Crippen molar-refractivity contribution in [2.45, 2.75) is 0 Å². The molecule has 4 nitrogen and oxygen atoms in total. The number of rotatable bonds is 0. The Bertz CT molecular complexity index is 403. The summed E-state index contributed by atoms with van der Waals surface area (Å²) in [6.07, 6.45) is 0. The van der Waals surface area contributed by atoms with Gasteiger partial charge in [-0.05, 0) is 6.07 Å². The van der Waals surface area contributed by atoms with Crippen LogP contribution in [0.4, 0.5) is 5.82 Å². The summed E-state index contributed by atoms with van der Waals surface area (Å²) in [6, 6.07) is 3.33. The van der Waals surface area contributed by atoms with Crippen LogP contribution >= 0.6 is 11.3 Å². The van der Waals surface area contributed by atoms with E-state index in [0.717, 1.165) is 10.2 Å². The minimum atomic E-state index is 0.259. The lowest BCUT2D eigenvalue weighted by Gasteiger charge is -1.94. The summed E-state index contributed by atoms with van der Waals surface area (Å²) in [5.41, 5.74) is 6.28. The van der Waals surface area contributed by atoms with Crippen LogP contribution in [0.2, 0.25) is 0 Å². The smallest absolute Gasteiger partial charge is 0.173 e. The van der Waals surface area contributed by atoms with E-state index < -0.39 is 0 Å². The van der Waals surface area contributed by atoms with Gasteiger partial charge in [0.1, 0.15) is 5.82 Å². The number of nitrogens with two attached hydrogens (primary N) is 2. The van der Waals surface area contributed by atoms with Crippen LogP contribution in [-0.2, 0) is 0 Å². The van der Waals surface area contributed by atoms with E-state index >= 15 is 0 Å². The molecule has 58 valence electrons. The number of aromatic hydroxyl groups is 1. The zero-order valence-electron chi connectivity index (χ0n) is 5.61. The van der Waals surface area contributed by atoms with Gasteiger partial charge < -0.3 is 16.7 Å². The average Bonchev–Trinajstić information content (AvgIpc) is 2.37. The van der Waals surface area contributed by atoms with Crippen molar-refractivity contribution in [3.05, 3.63) is 12.1 Å². The molecule has 0 amide bonds. The molecule has 11 heavy (non-hydrogen) atoms. The molecule has 0 aliphatic rings. The molecule has 0 aromatic carbocycles. The van der Waals surface area contributed by atoms with Crippen LogP contribution in [0, 0.1) is 0 Å². The van der Waals surface area contributed by atoms with Gasteiger partial charge in [0.2, 0.25) is 0 Å². The molecule has 0 atom stereocenters. The van der Waals surface area contributed by atoms with Crippen molar-refractivity contribution in [1.82, 2.24) is 4.68 Å². The van der Waals surface area contributed by atoms with Crippen molar-refractivity contribution < 1.29 is 5.11 Å². The van der Waals surface area contributed by atoms with Gasteiger partial charge in [0.25, 0.3) is 0 Å². The van der Waals surface area contributed by atoms with Crippen LogP contribution in [-0.4, -0.2) is 9.78 Å².